The number of fused-ring (bicyclic) bond motifs is 1. The highest BCUT2D eigenvalue weighted by Crippen LogP contribution is 2.22. The van der Waals surface area contributed by atoms with Gasteiger partial charge < -0.3 is 4.57 Å². The zero-order valence-corrected chi connectivity index (χ0v) is 27.7. The van der Waals surface area contributed by atoms with Crippen molar-refractivity contribution in [2.45, 2.75) is 53.5 Å². The van der Waals surface area contributed by atoms with E-state index in [-0.39, 0.29) is 12.4 Å². The van der Waals surface area contributed by atoms with Crippen molar-refractivity contribution < 1.29 is 9.18 Å². The van der Waals surface area contributed by atoms with Crippen LogP contribution in [0.5, 0.6) is 0 Å². The molecule has 0 aliphatic carbocycles. The number of anilines is 1. The number of hydrogen-bond acceptors (Lipinski definition) is 5. The van der Waals surface area contributed by atoms with E-state index in [0.29, 0.717) is 41.7 Å². The predicted octanol–water partition coefficient (Wildman–Crippen LogP) is 7.92. The normalized spacial score (nSPS) is 12.8. The van der Waals surface area contributed by atoms with Crippen LogP contribution in [0.15, 0.2) is 94.6 Å². The second-order valence-electron chi connectivity index (χ2n) is 9.74. The van der Waals surface area contributed by atoms with E-state index >= 15 is 4.39 Å². The monoisotopic (exact) mass is 613 g/mol. The van der Waals surface area contributed by atoms with Gasteiger partial charge in [-0.2, -0.15) is 10.2 Å². The van der Waals surface area contributed by atoms with E-state index in [1.54, 1.807) is 28.5 Å². The highest BCUT2D eigenvalue weighted by Gasteiger charge is 2.13. The minimum Gasteiger partial charge on any atom is -0.342 e. The van der Waals surface area contributed by atoms with Crippen LogP contribution < -0.4 is 10.4 Å². The van der Waals surface area contributed by atoms with Gasteiger partial charge in [0.25, 0.3) is 0 Å². The molecule has 232 valence electrons. The lowest BCUT2D eigenvalue weighted by molar-refractivity contribution is 0.112. The van der Waals surface area contributed by atoms with Gasteiger partial charge in [-0.3, -0.25) is 14.8 Å². The van der Waals surface area contributed by atoms with Crippen LogP contribution >= 0.6 is 9.24 Å². The Labute approximate surface area is 264 Å². The Hall–Kier alpha value is -4.27. The summed E-state index contributed by atoms with van der Waals surface area (Å²) in [5.74, 6) is 2.23. The average Bonchev–Trinajstić information content (AvgIpc) is 3.06. The summed E-state index contributed by atoms with van der Waals surface area (Å²) in [6, 6.07) is 12.8. The maximum atomic E-state index is 15.2. The standard InChI is InChI=1S/C30H29FN5OP.C4H10.C2H6/c1-3-4-5-6-11-26(38)21-34(2)33-30-24(22-37)20-35(29-13-8-7-12-27(29)30)19-23-14-15-25(18-28(23)31)36-17-10-9-16-32-36;1-3-4-2;1-2/h1,5-16,18,20,22H,4,17,19,21,38H2,2H3;3-4H2,1-2H3;1-2H3/b6-5-,26-11+,33-30+;;. The van der Waals surface area contributed by atoms with E-state index in [1.807, 2.05) is 86.2 Å². The quantitative estimate of drug-likeness (QED) is 0.0768. The molecule has 44 heavy (non-hydrogen) atoms. The van der Waals surface area contributed by atoms with Crippen molar-refractivity contribution in [1.29, 1.82) is 0 Å². The number of allylic oxidation sites excluding steroid dienone is 4. The molecular formula is C36H45FN5OP. The van der Waals surface area contributed by atoms with Gasteiger partial charge in [-0.05, 0) is 29.6 Å². The van der Waals surface area contributed by atoms with Gasteiger partial charge in [0.1, 0.15) is 11.2 Å². The molecule has 1 atom stereocenters. The van der Waals surface area contributed by atoms with Crippen molar-refractivity contribution in [3.05, 3.63) is 107 Å². The van der Waals surface area contributed by atoms with Gasteiger partial charge in [-0.1, -0.05) is 89.1 Å². The van der Waals surface area contributed by atoms with Crippen LogP contribution in [0.3, 0.4) is 0 Å². The molecule has 0 bridgehead atoms. The molecule has 4 rings (SSSR count). The van der Waals surface area contributed by atoms with E-state index in [1.165, 1.54) is 18.9 Å². The number of likely N-dealkylation sites (N-methyl/N-ethyl adjacent to an activating group) is 1. The van der Waals surface area contributed by atoms with E-state index in [0.717, 1.165) is 22.5 Å². The van der Waals surface area contributed by atoms with Crippen molar-refractivity contribution in [2.75, 3.05) is 25.1 Å². The Morgan fingerprint density at radius 1 is 1.20 bits per heavy atom. The van der Waals surface area contributed by atoms with Crippen LogP contribution in [0.4, 0.5) is 10.1 Å². The summed E-state index contributed by atoms with van der Waals surface area (Å²) in [6.07, 6.45) is 22.3. The lowest BCUT2D eigenvalue weighted by Gasteiger charge is -2.20. The number of halogens is 1. The topological polar surface area (TPSA) is 53.2 Å². The number of para-hydroxylation sites is 1. The van der Waals surface area contributed by atoms with Gasteiger partial charge in [0.2, 0.25) is 0 Å². The summed E-state index contributed by atoms with van der Waals surface area (Å²) in [4.78, 5) is 12.1. The van der Waals surface area contributed by atoms with Crippen molar-refractivity contribution >= 4 is 38.3 Å². The Kier molecular flexibility index (Phi) is 16.2. The van der Waals surface area contributed by atoms with Gasteiger partial charge in [-0.25, -0.2) is 4.39 Å². The molecule has 1 unspecified atom stereocenters. The first-order valence-corrected chi connectivity index (χ1v) is 15.6. The molecule has 0 radical (unpaired) electrons. The van der Waals surface area contributed by atoms with Crippen LogP contribution in [0.1, 0.15) is 62.9 Å². The van der Waals surface area contributed by atoms with Gasteiger partial charge in [0.15, 0.2) is 6.29 Å². The van der Waals surface area contributed by atoms with Gasteiger partial charge >= 0.3 is 0 Å². The number of pyridine rings is 1. The first kappa shape index (κ1) is 35.9. The third-order valence-electron chi connectivity index (χ3n) is 6.41. The first-order chi connectivity index (χ1) is 21.4. The minimum absolute atomic E-state index is 0.259. The summed E-state index contributed by atoms with van der Waals surface area (Å²) in [5, 5.41) is 14.9. The maximum absolute atomic E-state index is 15.2. The van der Waals surface area contributed by atoms with Gasteiger partial charge in [0.05, 0.1) is 36.4 Å². The van der Waals surface area contributed by atoms with Gasteiger partial charge in [-0.15, -0.1) is 21.6 Å². The van der Waals surface area contributed by atoms with Crippen molar-refractivity contribution in [1.82, 2.24) is 9.58 Å². The molecule has 2 aromatic carbocycles. The first-order valence-electron chi connectivity index (χ1n) is 15.0. The zero-order valence-electron chi connectivity index (χ0n) is 26.6. The number of rotatable bonds is 10. The molecule has 3 aromatic rings. The molecule has 1 aromatic heterocycles. The van der Waals surface area contributed by atoms with E-state index in [9.17, 15) is 4.79 Å². The lowest BCUT2D eigenvalue weighted by atomic mass is 10.1. The number of carbonyl (C=O) groups excluding carboxylic acids is 1. The number of hydrazone groups is 1. The molecule has 1 aliphatic rings. The SMILES string of the molecule is C#CC/C=C\C=C(\P)CN(C)/N=c1\c(C=O)cn(Cc2ccc(N3CC=CC=N3)cc2F)c2ccccc12.CC.CCCC. The highest BCUT2D eigenvalue weighted by atomic mass is 31.0. The number of nitrogens with zero attached hydrogens (tertiary/aromatic N) is 5. The minimum atomic E-state index is -0.332. The van der Waals surface area contributed by atoms with E-state index in [4.69, 9.17) is 11.5 Å². The number of terminal acetylenes is 1. The highest BCUT2D eigenvalue weighted by molar-refractivity contribution is 7.22. The molecule has 0 spiro atoms. The molecule has 0 N–H and O–H groups in total. The second-order valence-corrected chi connectivity index (χ2v) is 10.5. The zero-order chi connectivity index (χ0) is 32.3. The summed E-state index contributed by atoms with van der Waals surface area (Å²) in [7, 11) is 4.55. The maximum Gasteiger partial charge on any atom is 0.153 e. The molecule has 0 saturated heterocycles. The molecule has 0 amide bonds. The molecule has 1 aliphatic heterocycles. The second kappa shape index (κ2) is 19.8. The largest absolute Gasteiger partial charge is 0.342 e. The summed E-state index contributed by atoms with van der Waals surface area (Å²) in [6.45, 7) is 9.75. The summed E-state index contributed by atoms with van der Waals surface area (Å²) >= 11 is 0. The van der Waals surface area contributed by atoms with Crippen LogP contribution in [0.2, 0.25) is 0 Å². The number of hydrogen-bond donors (Lipinski definition) is 0. The predicted molar refractivity (Wildman–Crippen MR) is 188 cm³/mol. The molecular weight excluding hydrogens is 568 g/mol. The third-order valence-corrected chi connectivity index (χ3v) is 6.79. The van der Waals surface area contributed by atoms with Crippen molar-refractivity contribution in [2.24, 2.45) is 10.2 Å². The lowest BCUT2D eigenvalue weighted by Crippen LogP contribution is -2.23. The third kappa shape index (κ3) is 10.8. The number of benzene rings is 2. The number of carbonyl (C=O) groups is 1. The number of aromatic nitrogens is 1. The van der Waals surface area contributed by atoms with Crippen molar-refractivity contribution in [3.8, 4) is 12.3 Å². The molecule has 0 fully saturated rings. The summed E-state index contributed by atoms with van der Waals surface area (Å²) in [5.41, 5.74) is 2.46. The Bertz CT molecular complexity index is 1590. The number of unbranched alkanes of at least 4 members (excludes halogenated alkanes) is 1. The van der Waals surface area contributed by atoms with Crippen LogP contribution in [-0.4, -0.2) is 42.2 Å². The Balaban J connectivity index is 0.00000104. The Morgan fingerprint density at radius 2 is 1.95 bits per heavy atom. The molecule has 2 heterocycles. The fourth-order valence-corrected chi connectivity index (χ4v) is 4.50. The number of aldehydes is 1. The van der Waals surface area contributed by atoms with Crippen LogP contribution in [0, 0.1) is 18.2 Å². The molecule has 6 nitrogen and oxygen atoms in total. The molecule has 0 saturated carbocycles. The fraction of sp³-hybridized carbons (Fsp3) is 0.306. The average molecular weight is 614 g/mol. The van der Waals surface area contributed by atoms with E-state index < -0.39 is 0 Å². The molecule has 8 heteroatoms. The van der Waals surface area contributed by atoms with Crippen molar-refractivity contribution in [3.63, 3.8) is 0 Å². The van der Waals surface area contributed by atoms with E-state index in [2.05, 4.69) is 34.1 Å². The smallest absolute Gasteiger partial charge is 0.153 e. The van der Waals surface area contributed by atoms with Crippen LogP contribution in [0.25, 0.3) is 10.9 Å². The summed E-state index contributed by atoms with van der Waals surface area (Å²) < 4.78 is 17.0. The van der Waals surface area contributed by atoms with Crippen LogP contribution in [-0.2, 0) is 6.54 Å². The fourth-order valence-electron chi connectivity index (χ4n) is 4.13. The van der Waals surface area contributed by atoms with Gasteiger partial charge in [0, 0.05) is 36.8 Å². The Morgan fingerprint density at radius 3 is 2.59 bits per heavy atom.